The van der Waals surface area contributed by atoms with Gasteiger partial charge >= 0.3 is 0 Å². The Morgan fingerprint density at radius 1 is 1.03 bits per heavy atom. The number of hydrogen-bond acceptors (Lipinski definition) is 4. The first-order chi connectivity index (χ1) is 17.3. The predicted molar refractivity (Wildman–Crippen MR) is 154 cm³/mol. The first-order valence-corrected chi connectivity index (χ1v) is 17.1. The van der Waals surface area contributed by atoms with Crippen molar-refractivity contribution in [3.8, 4) is 5.75 Å². The molecule has 0 amide bonds. The number of aryl methyl sites for hydroxylation is 1. The van der Waals surface area contributed by atoms with Crippen molar-refractivity contribution in [1.82, 2.24) is 0 Å². The van der Waals surface area contributed by atoms with E-state index in [-0.39, 0.29) is 10.5 Å². The fourth-order valence-electron chi connectivity index (χ4n) is 6.59. The molecular formula is C32H48O4Si. The Kier molecular flexibility index (Phi) is 7.77. The van der Waals surface area contributed by atoms with Gasteiger partial charge in [0.25, 0.3) is 0 Å². The highest BCUT2D eigenvalue weighted by Gasteiger charge is 2.60. The van der Waals surface area contributed by atoms with Crippen molar-refractivity contribution < 1.29 is 19.4 Å². The Bertz CT molecular complexity index is 1070. The third kappa shape index (κ3) is 5.17. The first kappa shape index (κ1) is 28.3. The van der Waals surface area contributed by atoms with Crippen LogP contribution in [-0.2, 0) is 21.9 Å². The topological polar surface area (TPSA) is 58.9 Å². The number of fused-ring (bicyclic) bond motifs is 3. The number of aliphatic hydroxyl groups is 2. The Morgan fingerprint density at radius 3 is 2.38 bits per heavy atom. The Balaban J connectivity index is 1.48. The molecular weight excluding hydrogens is 476 g/mol. The van der Waals surface area contributed by atoms with E-state index in [1.54, 1.807) is 0 Å². The summed E-state index contributed by atoms with van der Waals surface area (Å²) in [7, 11) is -1.72. The van der Waals surface area contributed by atoms with E-state index in [0.717, 1.165) is 43.6 Å². The lowest BCUT2D eigenvalue weighted by molar-refractivity contribution is -0.205. The molecule has 0 aliphatic heterocycles. The van der Waals surface area contributed by atoms with Crippen molar-refractivity contribution in [3.05, 3.63) is 65.2 Å². The lowest BCUT2D eigenvalue weighted by atomic mass is 9.49. The largest absolute Gasteiger partial charge is 0.494 e. The van der Waals surface area contributed by atoms with Crippen LogP contribution in [0.4, 0.5) is 0 Å². The lowest BCUT2D eigenvalue weighted by Gasteiger charge is -2.59. The van der Waals surface area contributed by atoms with Gasteiger partial charge in [0.2, 0.25) is 0 Å². The van der Waals surface area contributed by atoms with Gasteiger partial charge in [-0.15, -0.1) is 0 Å². The van der Waals surface area contributed by atoms with Crippen LogP contribution in [-0.4, -0.2) is 37.3 Å². The van der Waals surface area contributed by atoms with Crippen LogP contribution in [0.1, 0.15) is 83.4 Å². The molecule has 1 fully saturated rings. The molecule has 2 aliphatic carbocycles. The van der Waals surface area contributed by atoms with Crippen LogP contribution in [0.2, 0.25) is 18.1 Å². The molecule has 204 valence electrons. The molecule has 1 saturated carbocycles. The summed E-state index contributed by atoms with van der Waals surface area (Å²) in [6.45, 7) is 16.8. The molecule has 4 rings (SSSR count). The maximum absolute atomic E-state index is 11.9. The molecule has 2 aromatic rings. The molecule has 0 aromatic heterocycles. The maximum atomic E-state index is 11.9. The van der Waals surface area contributed by atoms with E-state index in [4.69, 9.17) is 9.16 Å². The molecule has 0 spiro atoms. The van der Waals surface area contributed by atoms with Crippen LogP contribution in [0.15, 0.2) is 48.5 Å². The molecule has 37 heavy (non-hydrogen) atoms. The fraction of sp³-hybridized carbons (Fsp3) is 0.625. The highest BCUT2D eigenvalue weighted by atomic mass is 28.4. The second-order valence-corrected chi connectivity index (χ2v) is 18.1. The number of benzene rings is 2. The zero-order valence-electron chi connectivity index (χ0n) is 24.1. The van der Waals surface area contributed by atoms with Gasteiger partial charge in [0, 0.05) is 18.4 Å². The van der Waals surface area contributed by atoms with Gasteiger partial charge in [-0.3, -0.25) is 0 Å². The van der Waals surface area contributed by atoms with Gasteiger partial charge in [-0.25, -0.2) is 0 Å². The van der Waals surface area contributed by atoms with Crippen LogP contribution >= 0.6 is 0 Å². The second kappa shape index (κ2) is 10.1. The summed E-state index contributed by atoms with van der Waals surface area (Å²) in [6, 6.07) is 16.3. The van der Waals surface area contributed by atoms with Crippen molar-refractivity contribution in [1.29, 1.82) is 0 Å². The summed E-state index contributed by atoms with van der Waals surface area (Å²) in [5, 5.41) is 23.8. The van der Waals surface area contributed by atoms with E-state index in [2.05, 4.69) is 59.0 Å². The highest BCUT2D eigenvalue weighted by molar-refractivity contribution is 6.74. The summed E-state index contributed by atoms with van der Waals surface area (Å²) in [5.41, 5.74) is 0.855. The summed E-state index contributed by atoms with van der Waals surface area (Å²) < 4.78 is 12.4. The van der Waals surface area contributed by atoms with Crippen LogP contribution in [0.5, 0.6) is 5.75 Å². The van der Waals surface area contributed by atoms with E-state index in [9.17, 15) is 10.2 Å². The Hall–Kier alpha value is -1.66. The first-order valence-electron chi connectivity index (χ1n) is 14.2. The highest BCUT2D eigenvalue weighted by Crippen LogP contribution is 2.60. The van der Waals surface area contributed by atoms with Gasteiger partial charge in [0.05, 0.1) is 12.2 Å². The molecule has 4 atom stereocenters. The minimum atomic E-state index is -1.72. The zero-order chi connectivity index (χ0) is 27.1. The smallest absolute Gasteiger partial charge is 0.191 e. The van der Waals surface area contributed by atoms with Crippen molar-refractivity contribution in [2.75, 3.05) is 13.2 Å². The van der Waals surface area contributed by atoms with Crippen LogP contribution in [0, 0.1) is 5.92 Å². The van der Waals surface area contributed by atoms with Crippen LogP contribution in [0.25, 0.3) is 0 Å². The maximum Gasteiger partial charge on any atom is 0.191 e. The summed E-state index contributed by atoms with van der Waals surface area (Å²) in [4.78, 5) is 0. The van der Waals surface area contributed by atoms with Crippen LogP contribution < -0.4 is 4.74 Å². The monoisotopic (exact) mass is 524 g/mol. The standard InChI is InChI=1S/C32H48O4Si/c1-8-31-23-30(5,33)32(34,25-13-10-9-11-14-25)22-26(31)16-15-24-21-27(17-18-28(24)31)35-19-12-20-36-37(6,7)29(2,3)4/h9-11,13-14,17-18,21,26,33-34H,8,12,15-16,19-20,22-23H2,1-7H3/t26-,30?,31?,32?/m1/s1. The minimum Gasteiger partial charge on any atom is -0.494 e. The molecule has 0 bridgehead atoms. The van der Waals surface area contributed by atoms with Gasteiger partial charge in [-0.2, -0.15) is 0 Å². The molecule has 5 heteroatoms. The average molecular weight is 525 g/mol. The molecule has 2 N–H and O–H groups in total. The number of hydrogen-bond donors (Lipinski definition) is 2. The quantitative estimate of drug-likeness (QED) is 0.285. The third-order valence-corrected chi connectivity index (χ3v) is 14.5. The van der Waals surface area contributed by atoms with Crippen LogP contribution in [0.3, 0.4) is 0 Å². The van der Waals surface area contributed by atoms with Gasteiger partial charge < -0.3 is 19.4 Å². The molecule has 0 heterocycles. The molecule has 4 nitrogen and oxygen atoms in total. The Labute approximate surface area is 225 Å². The van der Waals surface area contributed by atoms with Gasteiger partial charge in [0.1, 0.15) is 11.4 Å². The lowest BCUT2D eigenvalue weighted by Crippen LogP contribution is -2.62. The average Bonchev–Trinajstić information content (AvgIpc) is 2.84. The van der Waals surface area contributed by atoms with Crippen molar-refractivity contribution in [2.24, 2.45) is 5.92 Å². The van der Waals surface area contributed by atoms with Gasteiger partial charge in [-0.1, -0.05) is 64.1 Å². The van der Waals surface area contributed by atoms with E-state index < -0.39 is 19.5 Å². The molecule has 0 radical (unpaired) electrons. The molecule has 3 unspecified atom stereocenters. The molecule has 2 aliphatic rings. The Morgan fingerprint density at radius 2 is 1.73 bits per heavy atom. The summed E-state index contributed by atoms with van der Waals surface area (Å²) in [5.74, 6) is 1.23. The predicted octanol–water partition coefficient (Wildman–Crippen LogP) is 7.12. The van der Waals surface area contributed by atoms with Crippen molar-refractivity contribution in [3.63, 3.8) is 0 Å². The SMILES string of the molecule is CCC12CC(C)(O)C(O)(c3ccccc3)C[C@H]1CCc1cc(OCCCO[Si](C)(C)C(C)(C)C)ccc12. The minimum absolute atomic E-state index is 0.145. The van der Waals surface area contributed by atoms with E-state index in [0.29, 0.717) is 25.4 Å². The van der Waals surface area contributed by atoms with E-state index in [1.807, 2.05) is 37.3 Å². The number of rotatable bonds is 8. The van der Waals surface area contributed by atoms with E-state index in [1.165, 1.54) is 11.1 Å². The zero-order valence-corrected chi connectivity index (χ0v) is 25.1. The molecule has 0 saturated heterocycles. The fourth-order valence-corrected chi connectivity index (χ4v) is 7.68. The van der Waals surface area contributed by atoms with Gasteiger partial charge in [-0.05, 0) is 91.9 Å². The molecule has 2 aromatic carbocycles. The summed E-state index contributed by atoms with van der Waals surface area (Å²) >= 11 is 0. The normalized spacial score (nSPS) is 29.9. The number of ether oxygens (including phenoxy) is 1. The second-order valence-electron chi connectivity index (χ2n) is 13.3. The van der Waals surface area contributed by atoms with Crippen molar-refractivity contribution in [2.45, 2.75) is 108 Å². The van der Waals surface area contributed by atoms with Gasteiger partial charge in [0.15, 0.2) is 8.32 Å². The van der Waals surface area contributed by atoms with E-state index >= 15 is 0 Å². The third-order valence-electron chi connectivity index (χ3n) is 9.96. The summed E-state index contributed by atoms with van der Waals surface area (Å²) in [6.07, 6.45) is 4.92. The van der Waals surface area contributed by atoms with Crippen molar-refractivity contribution >= 4 is 8.32 Å².